The second-order valence-corrected chi connectivity index (χ2v) is 4.59. The van der Waals surface area contributed by atoms with Crippen LogP contribution in [0.25, 0.3) is 0 Å². The molecule has 2 aromatic rings. The zero-order chi connectivity index (χ0) is 12.4. The molecule has 0 N–H and O–H groups in total. The summed E-state index contributed by atoms with van der Waals surface area (Å²) < 4.78 is 15.1. The number of nitrogens with zero attached hydrogens (tertiary/aromatic N) is 2. The minimum Gasteiger partial charge on any atom is -0.294 e. The summed E-state index contributed by atoms with van der Waals surface area (Å²) in [4.78, 5) is 11.9. The second kappa shape index (κ2) is 4.79. The highest BCUT2D eigenvalue weighted by molar-refractivity contribution is 9.10. The predicted octanol–water partition coefficient (Wildman–Crippen LogP) is 2.75. The Bertz CT molecular complexity index is 565. The first-order valence-electron chi connectivity index (χ1n) is 5.02. The van der Waals surface area contributed by atoms with Gasteiger partial charge in [0.15, 0.2) is 5.78 Å². The highest BCUT2D eigenvalue weighted by Gasteiger charge is 2.11. The number of aryl methyl sites for hydroxylation is 1. The topological polar surface area (TPSA) is 34.9 Å². The zero-order valence-corrected chi connectivity index (χ0v) is 10.7. The van der Waals surface area contributed by atoms with Gasteiger partial charge in [0, 0.05) is 24.1 Å². The molecule has 17 heavy (non-hydrogen) atoms. The lowest BCUT2D eigenvalue weighted by Gasteiger charge is -2.02. The Morgan fingerprint density at radius 2 is 2.29 bits per heavy atom. The molecule has 5 heteroatoms. The first-order valence-corrected chi connectivity index (χ1v) is 5.81. The number of hydrogen-bond donors (Lipinski definition) is 0. The smallest absolute Gasteiger partial charge is 0.170 e. The fraction of sp³-hybridized carbons (Fsp3) is 0.167. The van der Waals surface area contributed by atoms with E-state index in [1.54, 1.807) is 24.0 Å². The Morgan fingerprint density at radius 3 is 2.88 bits per heavy atom. The zero-order valence-electron chi connectivity index (χ0n) is 9.15. The second-order valence-electron chi connectivity index (χ2n) is 3.74. The summed E-state index contributed by atoms with van der Waals surface area (Å²) in [5.41, 5.74) is 1.32. The maximum atomic E-state index is 12.9. The fourth-order valence-corrected chi connectivity index (χ4v) is 2.00. The van der Waals surface area contributed by atoms with Crippen LogP contribution in [0.2, 0.25) is 0 Å². The van der Waals surface area contributed by atoms with Crippen molar-refractivity contribution in [3.8, 4) is 0 Å². The Labute approximate surface area is 106 Å². The van der Waals surface area contributed by atoms with E-state index in [2.05, 4.69) is 21.0 Å². The van der Waals surface area contributed by atoms with Crippen LogP contribution < -0.4 is 0 Å². The molecule has 1 heterocycles. The van der Waals surface area contributed by atoms with Crippen molar-refractivity contribution in [2.75, 3.05) is 0 Å². The van der Waals surface area contributed by atoms with Crippen LogP contribution in [0.4, 0.5) is 4.39 Å². The van der Waals surface area contributed by atoms with Gasteiger partial charge in [0.2, 0.25) is 0 Å². The van der Waals surface area contributed by atoms with E-state index >= 15 is 0 Å². The first kappa shape index (κ1) is 12.0. The maximum absolute atomic E-state index is 12.9. The molecular formula is C12H10BrFN2O. The Hall–Kier alpha value is -1.49. The number of carbonyl (C=O) groups is 1. The van der Waals surface area contributed by atoms with E-state index in [-0.39, 0.29) is 18.0 Å². The molecule has 0 aliphatic carbocycles. The van der Waals surface area contributed by atoms with Crippen LogP contribution in [0, 0.1) is 5.82 Å². The summed E-state index contributed by atoms with van der Waals surface area (Å²) in [6.07, 6.45) is 3.42. The molecule has 0 aliphatic rings. The monoisotopic (exact) mass is 296 g/mol. The van der Waals surface area contributed by atoms with E-state index in [1.165, 1.54) is 18.3 Å². The van der Waals surface area contributed by atoms with Gasteiger partial charge < -0.3 is 0 Å². The van der Waals surface area contributed by atoms with Gasteiger partial charge in [-0.2, -0.15) is 5.10 Å². The normalized spacial score (nSPS) is 10.5. The van der Waals surface area contributed by atoms with Gasteiger partial charge in [-0.1, -0.05) is 22.0 Å². The van der Waals surface area contributed by atoms with Crippen LogP contribution in [0.3, 0.4) is 0 Å². The molecule has 0 saturated heterocycles. The molecule has 1 aromatic heterocycles. The Balaban J connectivity index is 2.18. The van der Waals surface area contributed by atoms with Crippen molar-refractivity contribution in [2.45, 2.75) is 6.42 Å². The van der Waals surface area contributed by atoms with Crippen LogP contribution in [-0.2, 0) is 13.5 Å². The Morgan fingerprint density at radius 1 is 1.53 bits per heavy atom. The number of hydrogen-bond acceptors (Lipinski definition) is 2. The number of aromatic nitrogens is 2. The molecule has 3 nitrogen and oxygen atoms in total. The summed E-state index contributed by atoms with van der Waals surface area (Å²) in [6.45, 7) is 0. The van der Waals surface area contributed by atoms with Crippen molar-refractivity contribution in [3.05, 3.63) is 52.0 Å². The van der Waals surface area contributed by atoms with Crippen LogP contribution in [-0.4, -0.2) is 15.6 Å². The summed E-state index contributed by atoms with van der Waals surface area (Å²) in [6, 6.07) is 4.30. The largest absolute Gasteiger partial charge is 0.294 e. The fourth-order valence-electron chi connectivity index (χ4n) is 1.51. The average Bonchev–Trinajstić information content (AvgIpc) is 2.69. The van der Waals surface area contributed by atoms with Crippen molar-refractivity contribution in [1.82, 2.24) is 9.78 Å². The summed E-state index contributed by atoms with van der Waals surface area (Å²) in [5, 5.41) is 3.94. The van der Waals surface area contributed by atoms with E-state index in [0.717, 1.165) is 5.56 Å². The molecule has 0 radical (unpaired) electrons. The summed E-state index contributed by atoms with van der Waals surface area (Å²) >= 11 is 3.24. The molecular weight excluding hydrogens is 287 g/mol. The number of halogens is 2. The minimum absolute atomic E-state index is 0.0367. The van der Waals surface area contributed by atoms with Gasteiger partial charge in [-0.25, -0.2) is 4.39 Å². The lowest BCUT2D eigenvalue weighted by atomic mass is 10.1. The standard InChI is InChI=1S/C12H10BrFN2O/c1-16-7-9(6-15-16)12(17)4-8-2-3-10(14)5-11(8)13/h2-3,5-7H,4H2,1H3. The third kappa shape index (κ3) is 2.79. The Kier molecular flexibility index (Phi) is 3.38. The lowest BCUT2D eigenvalue weighted by Crippen LogP contribution is -2.03. The molecule has 2 rings (SSSR count). The predicted molar refractivity (Wildman–Crippen MR) is 65.3 cm³/mol. The van der Waals surface area contributed by atoms with Crippen molar-refractivity contribution in [3.63, 3.8) is 0 Å². The molecule has 0 fully saturated rings. The molecule has 0 bridgehead atoms. The summed E-state index contributed by atoms with van der Waals surface area (Å²) in [5.74, 6) is -0.361. The molecule has 0 spiro atoms. The highest BCUT2D eigenvalue weighted by Crippen LogP contribution is 2.19. The number of ketones is 1. The van der Waals surface area contributed by atoms with E-state index in [1.807, 2.05) is 0 Å². The van der Waals surface area contributed by atoms with E-state index in [9.17, 15) is 9.18 Å². The van der Waals surface area contributed by atoms with E-state index in [0.29, 0.717) is 10.0 Å². The van der Waals surface area contributed by atoms with E-state index in [4.69, 9.17) is 0 Å². The van der Waals surface area contributed by atoms with Gasteiger partial charge in [0.05, 0.1) is 11.8 Å². The van der Waals surface area contributed by atoms with Crippen molar-refractivity contribution >= 4 is 21.7 Å². The molecule has 0 amide bonds. The first-order chi connectivity index (χ1) is 8.06. The lowest BCUT2D eigenvalue weighted by molar-refractivity contribution is 0.0992. The van der Waals surface area contributed by atoms with Crippen LogP contribution in [0.1, 0.15) is 15.9 Å². The third-order valence-electron chi connectivity index (χ3n) is 2.39. The van der Waals surface area contributed by atoms with Crippen molar-refractivity contribution in [2.24, 2.45) is 7.05 Å². The number of benzene rings is 1. The molecule has 88 valence electrons. The minimum atomic E-state index is -0.325. The highest BCUT2D eigenvalue weighted by atomic mass is 79.9. The van der Waals surface area contributed by atoms with Crippen molar-refractivity contribution in [1.29, 1.82) is 0 Å². The van der Waals surface area contributed by atoms with Gasteiger partial charge in [-0.05, 0) is 17.7 Å². The molecule has 0 aliphatic heterocycles. The molecule has 1 aromatic carbocycles. The van der Waals surface area contributed by atoms with Crippen molar-refractivity contribution < 1.29 is 9.18 Å². The van der Waals surface area contributed by atoms with Gasteiger partial charge in [-0.15, -0.1) is 0 Å². The quantitative estimate of drug-likeness (QED) is 0.817. The van der Waals surface area contributed by atoms with Crippen LogP contribution >= 0.6 is 15.9 Å². The number of rotatable bonds is 3. The van der Waals surface area contributed by atoms with Gasteiger partial charge >= 0.3 is 0 Å². The van der Waals surface area contributed by atoms with Gasteiger partial charge in [0.1, 0.15) is 5.82 Å². The number of Topliss-reactive ketones (excluding diaryl/α,β-unsaturated/α-hetero) is 1. The molecule has 0 atom stereocenters. The van der Waals surface area contributed by atoms with Crippen LogP contribution in [0.15, 0.2) is 35.1 Å². The molecule has 0 saturated carbocycles. The number of carbonyl (C=O) groups excluding carboxylic acids is 1. The van der Waals surface area contributed by atoms with Gasteiger partial charge in [-0.3, -0.25) is 9.48 Å². The summed E-state index contributed by atoms with van der Waals surface area (Å²) in [7, 11) is 1.75. The SMILES string of the molecule is Cn1cc(C(=O)Cc2ccc(F)cc2Br)cn1. The average molecular weight is 297 g/mol. The van der Waals surface area contributed by atoms with Crippen LogP contribution in [0.5, 0.6) is 0 Å². The maximum Gasteiger partial charge on any atom is 0.170 e. The third-order valence-corrected chi connectivity index (χ3v) is 3.13. The van der Waals surface area contributed by atoms with Gasteiger partial charge in [0.25, 0.3) is 0 Å². The van der Waals surface area contributed by atoms with E-state index < -0.39 is 0 Å². The molecule has 0 unspecified atom stereocenters.